The quantitative estimate of drug-likeness (QED) is 0.363. The number of pyridine rings is 2. The molecule has 10 nitrogen and oxygen atoms in total. The fourth-order valence-electron chi connectivity index (χ4n) is 4.03. The van der Waals surface area contributed by atoms with E-state index < -0.39 is 12.5 Å². The third-order valence-corrected chi connectivity index (χ3v) is 5.82. The van der Waals surface area contributed by atoms with Gasteiger partial charge in [-0.2, -0.15) is 0 Å². The van der Waals surface area contributed by atoms with Gasteiger partial charge in [-0.05, 0) is 57.4 Å². The molecule has 186 valence electrons. The zero-order valence-corrected chi connectivity index (χ0v) is 20.5. The number of aryl methyl sites for hydroxylation is 2. The molecule has 2 aromatic heterocycles. The highest BCUT2D eigenvalue weighted by Crippen LogP contribution is 2.27. The van der Waals surface area contributed by atoms with Gasteiger partial charge in [-0.1, -0.05) is 6.08 Å². The van der Waals surface area contributed by atoms with Crippen molar-refractivity contribution < 1.29 is 14.7 Å². The fraction of sp³-hybridized carbons (Fsp3) is 0.400. The number of anilines is 1. The number of aliphatic hydroxyl groups excluding tert-OH is 1. The first kappa shape index (κ1) is 25.8. The second-order valence-corrected chi connectivity index (χ2v) is 8.86. The molecule has 0 aliphatic carbocycles. The second kappa shape index (κ2) is 11.1. The Morgan fingerprint density at radius 1 is 1.31 bits per heavy atom. The van der Waals surface area contributed by atoms with Crippen molar-refractivity contribution in [1.82, 2.24) is 20.2 Å². The van der Waals surface area contributed by atoms with E-state index in [0.29, 0.717) is 42.1 Å². The number of H-pyrrole nitrogens is 1. The Balaban J connectivity index is 1.96. The first-order valence-corrected chi connectivity index (χ1v) is 11.5. The van der Waals surface area contributed by atoms with Gasteiger partial charge in [0.2, 0.25) is 5.91 Å². The standard InChI is InChI=1S/C25H32N6O4/c1-14(2)28-23-19(11-26)18(24(34)27-12-20-15(3)9-16(4)29-25(20)35)10-21(30-23)17-5-7-31(8-6-17)22(33)13-32/h5,9-11,14,26,32H,6-8,12-13H2,1-4H3,(H,27,34)(H,28,30)(H,29,35). The summed E-state index contributed by atoms with van der Waals surface area (Å²) in [5.74, 6) is -0.348. The number of nitrogens with zero attached hydrogens (tertiary/aromatic N) is 2. The van der Waals surface area contributed by atoms with E-state index in [4.69, 9.17) is 10.5 Å². The van der Waals surface area contributed by atoms with E-state index >= 15 is 0 Å². The predicted molar refractivity (Wildman–Crippen MR) is 135 cm³/mol. The maximum Gasteiger partial charge on any atom is 0.253 e. The molecule has 0 bridgehead atoms. The summed E-state index contributed by atoms with van der Waals surface area (Å²) in [6.07, 6.45) is 3.47. The van der Waals surface area contributed by atoms with E-state index in [9.17, 15) is 14.4 Å². The molecule has 2 amide bonds. The van der Waals surface area contributed by atoms with Crippen molar-refractivity contribution in [3.05, 3.63) is 62.2 Å². The van der Waals surface area contributed by atoms with Crippen molar-refractivity contribution in [1.29, 1.82) is 5.41 Å². The van der Waals surface area contributed by atoms with Gasteiger partial charge in [0.05, 0.1) is 11.3 Å². The maximum atomic E-state index is 13.3. The molecule has 0 atom stereocenters. The molecule has 1 aliphatic heterocycles. The largest absolute Gasteiger partial charge is 0.387 e. The fourth-order valence-corrected chi connectivity index (χ4v) is 4.03. The number of hydrogen-bond donors (Lipinski definition) is 5. The van der Waals surface area contributed by atoms with Crippen LogP contribution in [0, 0.1) is 19.3 Å². The zero-order valence-electron chi connectivity index (χ0n) is 20.5. The van der Waals surface area contributed by atoms with Gasteiger partial charge in [0.1, 0.15) is 12.4 Å². The number of amides is 2. The molecule has 0 radical (unpaired) electrons. The Hall–Kier alpha value is -3.79. The molecular formula is C25H32N6O4. The van der Waals surface area contributed by atoms with Crippen molar-refractivity contribution in [2.45, 2.75) is 46.7 Å². The monoisotopic (exact) mass is 480 g/mol. The predicted octanol–water partition coefficient (Wildman–Crippen LogP) is 1.74. The van der Waals surface area contributed by atoms with Crippen LogP contribution in [0.4, 0.5) is 5.82 Å². The molecule has 5 N–H and O–H groups in total. The van der Waals surface area contributed by atoms with Gasteiger partial charge in [0, 0.05) is 48.7 Å². The molecule has 0 unspecified atom stereocenters. The molecule has 3 rings (SSSR count). The smallest absolute Gasteiger partial charge is 0.253 e. The lowest BCUT2D eigenvalue weighted by Crippen LogP contribution is -2.36. The van der Waals surface area contributed by atoms with Crippen LogP contribution in [0.3, 0.4) is 0 Å². The molecule has 1 aliphatic rings. The van der Waals surface area contributed by atoms with E-state index in [1.165, 1.54) is 0 Å². The highest BCUT2D eigenvalue weighted by Gasteiger charge is 2.22. The van der Waals surface area contributed by atoms with Gasteiger partial charge < -0.3 is 31.0 Å². The van der Waals surface area contributed by atoms with Gasteiger partial charge >= 0.3 is 0 Å². The number of aromatic nitrogens is 2. The third kappa shape index (κ3) is 6.02. The second-order valence-electron chi connectivity index (χ2n) is 8.86. The Morgan fingerprint density at radius 3 is 2.63 bits per heavy atom. The number of carbonyl (C=O) groups excluding carboxylic acids is 2. The number of carbonyl (C=O) groups is 2. The molecule has 0 spiro atoms. The van der Waals surface area contributed by atoms with Gasteiger partial charge in [-0.3, -0.25) is 14.4 Å². The summed E-state index contributed by atoms with van der Waals surface area (Å²) in [7, 11) is 0. The average Bonchev–Trinajstić information content (AvgIpc) is 2.82. The molecule has 0 aromatic carbocycles. The highest BCUT2D eigenvalue weighted by atomic mass is 16.3. The van der Waals surface area contributed by atoms with E-state index in [2.05, 4.69) is 20.6 Å². The van der Waals surface area contributed by atoms with Gasteiger partial charge in [0.15, 0.2) is 0 Å². The molecule has 0 saturated heterocycles. The highest BCUT2D eigenvalue weighted by molar-refractivity contribution is 6.05. The van der Waals surface area contributed by atoms with Crippen LogP contribution in [-0.4, -0.2) is 63.7 Å². The summed E-state index contributed by atoms with van der Waals surface area (Å²) < 4.78 is 0. The lowest BCUT2D eigenvalue weighted by Gasteiger charge is -2.26. The van der Waals surface area contributed by atoms with E-state index in [-0.39, 0.29) is 29.6 Å². The molecular weight excluding hydrogens is 448 g/mol. The van der Waals surface area contributed by atoms with Crippen LogP contribution in [0.5, 0.6) is 0 Å². The molecule has 0 fully saturated rings. The minimum Gasteiger partial charge on any atom is -0.387 e. The summed E-state index contributed by atoms with van der Waals surface area (Å²) in [5, 5.41) is 23.1. The van der Waals surface area contributed by atoms with Crippen LogP contribution in [0.2, 0.25) is 0 Å². The number of aromatic amines is 1. The van der Waals surface area contributed by atoms with Gasteiger partial charge in [-0.15, -0.1) is 0 Å². The van der Waals surface area contributed by atoms with E-state index in [0.717, 1.165) is 23.0 Å². The first-order valence-electron chi connectivity index (χ1n) is 11.5. The number of rotatable bonds is 8. The molecule has 2 aromatic rings. The average molecular weight is 481 g/mol. The van der Waals surface area contributed by atoms with Gasteiger partial charge in [-0.25, -0.2) is 4.98 Å². The minimum absolute atomic E-state index is 0.0131. The normalized spacial score (nSPS) is 13.4. The number of aliphatic hydroxyl groups is 1. The maximum absolute atomic E-state index is 13.3. The summed E-state index contributed by atoms with van der Waals surface area (Å²) in [5.41, 5.74) is 3.81. The first-order chi connectivity index (χ1) is 16.6. The summed E-state index contributed by atoms with van der Waals surface area (Å²) in [4.78, 5) is 46.4. The van der Waals surface area contributed by atoms with Crippen LogP contribution in [0.1, 0.15) is 58.7 Å². The van der Waals surface area contributed by atoms with Crippen molar-refractivity contribution in [2.24, 2.45) is 0 Å². The van der Waals surface area contributed by atoms with Crippen molar-refractivity contribution in [3.63, 3.8) is 0 Å². The van der Waals surface area contributed by atoms with Crippen molar-refractivity contribution >= 4 is 29.4 Å². The zero-order chi connectivity index (χ0) is 25.7. The Kier molecular flexibility index (Phi) is 8.18. The molecule has 3 heterocycles. The summed E-state index contributed by atoms with van der Waals surface area (Å²) in [6.45, 7) is 7.78. The van der Waals surface area contributed by atoms with E-state index in [1.807, 2.05) is 32.9 Å². The van der Waals surface area contributed by atoms with Crippen LogP contribution in [0.25, 0.3) is 5.57 Å². The number of hydrogen-bond acceptors (Lipinski definition) is 7. The minimum atomic E-state index is -0.536. The lowest BCUT2D eigenvalue weighted by molar-refractivity contribution is -0.133. The van der Waals surface area contributed by atoms with Gasteiger partial charge in [0.25, 0.3) is 11.5 Å². The Labute approximate surface area is 204 Å². The molecule has 35 heavy (non-hydrogen) atoms. The van der Waals surface area contributed by atoms with Crippen LogP contribution in [0.15, 0.2) is 23.0 Å². The van der Waals surface area contributed by atoms with E-state index in [1.54, 1.807) is 17.9 Å². The molecule has 10 heteroatoms. The SMILES string of the molecule is Cc1cc(C)c(CNC(=O)c2cc(C3=CCN(C(=O)CO)CC3)nc(NC(C)C)c2C=N)c(=O)[nH]1. The van der Waals surface area contributed by atoms with Crippen LogP contribution in [-0.2, 0) is 11.3 Å². The molecule has 0 saturated carbocycles. The third-order valence-electron chi connectivity index (χ3n) is 5.82. The Bertz CT molecular complexity index is 1230. The lowest BCUT2D eigenvalue weighted by atomic mass is 9.99. The topological polar surface area (TPSA) is 151 Å². The summed E-state index contributed by atoms with van der Waals surface area (Å²) >= 11 is 0. The van der Waals surface area contributed by atoms with Crippen LogP contribution >= 0.6 is 0 Å². The summed E-state index contributed by atoms with van der Waals surface area (Å²) in [6, 6.07) is 3.50. The van der Waals surface area contributed by atoms with Crippen LogP contribution < -0.4 is 16.2 Å². The Morgan fingerprint density at radius 2 is 2.06 bits per heavy atom. The van der Waals surface area contributed by atoms with Crippen molar-refractivity contribution in [3.8, 4) is 0 Å². The van der Waals surface area contributed by atoms with Crippen molar-refractivity contribution in [2.75, 3.05) is 25.0 Å². The number of nitrogens with one attached hydrogen (secondary N) is 4.